The maximum Gasteiger partial charge on any atom is 0.347 e. The van der Waals surface area contributed by atoms with Crippen molar-refractivity contribution < 1.29 is 18.3 Å². The standard InChI is InChI=1S/C13H19NO4S2/c1-8-3-4-10(7-9(8)2)14-20(17,18)11-5-6-19-12(11)13(15)16/h5-6,8-10,14H,3-4,7H2,1-2H3,(H,15,16). The first-order chi connectivity index (χ1) is 9.31. The van der Waals surface area contributed by atoms with Crippen LogP contribution in [-0.4, -0.2) is 25.5 Å². The first kappa shape index (κ1) is 15.5. The summed E-state index contributed by atoms with van der Waals surface area (Å²) in [5.41, 5.74) is 0. The molecule has 20 heavy (non-hydrogen) atoms. The van der Waals surface area contributed by atoms with E-state index in [-0.39, 0.29) is 15.8 Å². The van der Waals surface area contributed by atoms with Gasteiger partial charge in [-0.15, -0.1) is 11.3 Å². The molecule has 0 spiro atoms. The van der Waals surface area contributed by atoms with Gasteiger partial charge in [-0.3, -0.25) is 0 Å². The van der Waals surface area contributed by atoms with Crippen molar-refractivity contribution in [3.63, 3.8) is 0 Å². The highest BCUT2D eigenvalue weighted by atomic mass is 32.2. The highest BCUT2D eigenvalue weighted by Gasteiger charge is 2.30. The molecule has 5 nitrogen and oxygen atoms in total. The smallest absolute Gasteiger partial charge is 0.347 e. The van der Waals surface area contributed by atoms with E-state index in [1.807, 2.05) is 0 Å². The molecule has 2 N–H and O–H groups in total. The number of nitrogens with one attached hydrogen (secondary N) is 1. The van der Waals surface area contributed by atoms with E-state index in [9.17, 15) is 13.2 Å². The minimum atomic E-state index is -3.75. The topological polar surface area (TPSA) is 83.5 Å². The van der Waals surface area contributed by atoms with Crippen molar-refractivity contribution in [2.75, 3.05) is 0 Å². The molecular weight excluding hydrogens is 298 g/mol. The van der Waals surface area contributed by atoms with E-state index in [4.69, 9.17) is 5.11 Å². The average Bonchev–Trinajstić information content (AvgIpc) is 2.83. The summed E-state index contributed by atoms with van der Waals surface area (Å²) >= 11 is 0.929. The van der Waals surface area contributed by atoms with Crippen LogP contribution >= 0.6 is 11.3 Å². The van der Waals surface area contributed by atoms with Crippen LogP contribution in [0.5, 0.6) is 0 Å². The number of hydrogen-bond acceptors (Lipinski definition) is 4. The lowest BCUT2D eigenvalue weighted by Gasteiger charge is -2.32. The van der Waals surface area contributed by atoms with Gasteiger partial charge in [-0.2, -0.15) is 0 Å². The van der Waals surface area contributed by atoms with Gasteiger partial charge in [-0.1, -0.05) is 13.8 Å². The maximum absolute atomic E-state index is 12.3. The Balaban J connectivity index is 2.15. The molecule has 1 aromatic rings. The van der Waals surface area contributed by atoms with Crippen molar-refractivity contribution >= 4 is 27.3 Å². The Morgan fingerprint density at radius 3 is 2.65 bits per heavy atom. The van der Waals surface area contributed by atoms with Crippen LogP contribution in [0.1, 0.15) is 42.8 Å². The third-order valence-electron chi connectivity index (χ3n) is 4.03. The number of rotatable bonds is 4. The zero-order valence-corrected chi connectivity index (χ0v) is 13.1. The predicted octanol–water partition coefficient (Wildman–Crippen LogP) is 2.55. The second-order valence-corrected chi connectivity index (χ2v) is 8.10. The van der Waals surface area contributed by atoms with Gasteiger partial charge in [0.15, 0.2) is 0 Å². The maximum atomic E-state index is 12.3. The van der Waals surface area contributed by atoms with Crippen molar-refractivity contribution in [1.29, 1.82) is 0 Å². The van der Waals surface area contributed by atoms with E-state index in [0.29, 0.717) is 11.8 Å². The fraction of sp³-hybridized carbons (Fsp3) is 0.615. The summed E-state index contributed by atoms with van der Waals surface area (Å²) in [7, 11) is -3.75. The molecule has 112 valence electrons. The molecule has 1 aliphatic carbocycles. The van der Waals surface area contributed by atoms with Gasteiger partial charge < -0.3 is 5.11 Å². The number of carbonyl (C=O) groups is 1. The Labute approximate surface area is 123 Å². The van der Waals surface area contributed by atoms with Gasteiger partial charge in [-0.25, -0.2) is 17.9 Å². The number of sulfonamides is 1. The molecule has 0 saturated heterocycles. The van der Waals surface area contributed by atoms with E-state index in [0.717, 1.165) is 30.6 Å². The van der Waals surface area contributed by atoms with Crippen LogP contribution in [0, 0.1) is 11.8 Å². The molecular formula is C13H19NO4S2. The lowest BCUT2D eigenvalue weighted by Crippen LogP contribution is -2.40. The molecule has 3 unspecified atom stereocenters. The Morgan fingerprint density at radius 2 is 2.05 bits per heavy atom. The minimum Gasteiger partial charge on any atom is -0.477 e. The normalized spacial score (nSPS) is 27.4. The van der Waals surface area contributed by atoms with Gasteiger partial charge in [-0.05, 0) is 42.5 Å². The Morgan fingerprint density at radius 1 is 1.35 bits per heavy atom. The molecule has 0 aromatic carbocycles. The third-order valence-corrected chi connectivity index (χ3v) is 6.63. The van der Waals surface area contributed by atoms with Crippen LogP contribution in [0.25, 0.3) is 0 Å². The molecule has 0 bridgehead atoms. The van der Waals surface area contributed by atoms with Crippen LogP contribution < -0.4 is 4.72 Å². The number of carboxylic acid groups (broad SMARTS) is 1. The number of carboxylic acids is 1. The SMILES string of the molecule is CC1CCC(NS(=O)(=O)c2ccsc2C(=O)O)CC1C. The lowest BCUT2D eigenvalue weighted by atomic mass is 9.79. The number of hydrogen-bond donors (Lipinski definition) is 2. The van der Waals surface area contributed by atoms with Crippen molar-refractivity contribution in [3.05, 3.63) is 16.3 Å². The molecule has 7 heteroatoms. The Hall–Kier alpha value is -0.920. The number of thiophene rings is 1. The van der Waals surface area contributed by atoms with Gasteiger partial charge >= 0.3 is 5.97 Å². The summed E-state index contributed by atoms with van der Waals surface area (Å²) in [5, 5.41) is 10.5. The third kappa shape index (κ3) is 3.21. The molecule has 1 saturated carbocycles. The molecule has 1 heterocycles. The average molecular weight is 317 g/mol. The molecule has 0 radical (unpaired) electrons. The molecule has 0 amide bonds. The first-order valence-corrected chi connectivity index (χ1v) is 9.00. The van der Waals surface area contributed by atoms with E-state index in [2.05, 4.69) is 18.6 Å². The molecule has 3 atom stereocenters. The summed E-state index contributed by atoms with van der Waals surface area (Å²) in [4.78, 5) is 10.8. The highest BCUT2D eigenvalue weighted by Crippen LogP contribution is 2.30. The van der Waals surface area contributed by atoms with Crippen molar-refractivity contribution in [2.45, 2.75) is 44.0 Å². The second kappa shape index (κ2) is 5.83. The van der Waals surface area contributed by atoms with Crippen molar-refractivity contribution in [2.24, 2.45) is 11.8 Å². The molecule has 2 rings (SSSR count). The first-order valence-electron chi connectivity index (χ1n) is 6.64. The largest absolute Gasteiger partial charge is 0.477 e. The van der Waals surface area contributed by atoms with Crippen molar-refractivity contribution in [3.8, 4) is 0 Å². The predicted molar refractivity (Wildman–Crippen MR) is 77.6 cm³/mol. The van der Waals surface area contributed by atoms with Crippen LogP contribution in [0.2, 0.25) is 0 Å². The summed E-state index contributed by atoms with van der Waals surface area (Å²) in [5.74, 6) is -0.129. The number of aromatic carboxylic acids is 1. The fourth-order valence-electron chi connectivity index (χ4n) is 2.60. The van der Waals surface area contributed by atoms with Gasteiger partial charge in [0.1, 0.15) is 9.77 Å². The van der Waals surface area contributed by atoms with Gasteiger partial charge in [0.2, 0.25) is 10.0 Å². The summed E-state index contributed by atoms with van der Waals surface area (Å²) < 4.78 is 27.3. The Bertz CT molecular complexity index is 593. The van der Waals surface area contributed by atoms with Crippen LogP contribution in [0.15, 0.2) is 16.3 Å². The van der Waals surface area contributed by atoms with E-state index < -0.39 is 16.0 Å². The molecule has 0 aliphatic heterocycles. The van der Waals surface area contributed by atoms with Crippen LogP contribution in [-0.2, 0) is 10.0 Å². The Kier molecular flexibility index (Phi) is 4.51. The summed E-state index contributed by atoms with van der Waals surface area (Å²) in [6.45, 7) is 4.30. The van der Waals surface area contributed by atoms with Gasteiger partial charge in [0.25, 0.3) is 0 Å². The van der Waals surface area contributed by atoms with E-state index in [1.165, 1.54) is 11.4 Å². The van der Waals surface area contributed by atoms with Crippen LogP contribution in [0.4, 0.5) is 0 Å². The van der Waals surface area contributed by atoms with Gasteiger partial charge in [0.05, 0.1) is 0 Å². The van der Waals surface area contributed by atoms with E-state index >= 15 is 0 Å². The molecule has 1 fully saturated rings. The molecule has 1 aliphatic rings. The molecule has 1 aromatic heterocycles. The quantitative estimate of drug-likeness (QED) is 0.894. The highest BCUT2D eigenvalue weighted by molar-refractivity contribution is 7.89. The summed E-state index contributed by atoms with van der Waals surface area (Å²) in [6.07, 6.45) is 2.59. The monoisotopic (exact) mass is 317 g/mol. The lowest BCUT2D eigenvalue weighted by molar-refractivity contribution is 0.0698. The zero-order chi connectivity index (χ0) is 14.9. The van der Waals surface area contributed by atoms with Gasteiger partial charge in [0, 0.05) is 6.04 Å². The zero-order valence-electron chi connectivity index (χ0n) is 11.5. The second-order valence-electron chi connectivity index (χ2n) is 5.50. The summed E-state index contributed by atoms with van der Waals surface area (Å²) in [6, 6.07) is 1.25. The van der Waals surface area contributed by atoms with Crippen molar-refractivity contribution in [1.82, 2.24) is 4.72 Å². The van der Waals surface area contributed by atoms with E-state index in [1.54, 1.807) is 0 Å². The minimum absolute atomic E-state index is 0.104. The fourth-order valence-corrected chi connectivity index (χ4v) is 5.15. The van der Waals surface area contributed by atoms with Crippen LogP contribution in [0.3, 0.4) is 0 Å².